The molecular weight excluding hydrogens is 264 g/mol. The molecule has 1 aromatic rings. The van der Waals surface area contributed by atoms with Gasteiger partial charge in [-0.2, -0.15) is 11.8 Å². The number of nitro benzene ring substituents is 1. The average molecular weight is 282 g/mol. The molecule has 19 heavy (non-hydrogen) atoms. The minimum atomic E-state index is -0.403. The van der Waals surface area contributed by atoms with E-state index in [1.165, 1.54) is 12.1 Å². The van der Waals surface area contributed by atoms with Crippen LogP contribution in [-0.4, -0.2) is 36.5 Å². The summed E-state index contributed by atoms with van der Waals surface area (Å²) in [6.45, 7) is 1.43. The second kappa shape index (κ2) is 8.36. The van der Waals surface area contributed by atoms with E-state index in [0.29, 0.717) is 6.54 Å². The minimum absolute atomic E-state index is 0.103. The van der Waals surface area contributed by atoms with Crippen molar-refractivity contribution in [3.05, 3.63) is 39.9 Å². The van der Waals surface area contributed by atoms with E-state index in [-0.39, 0.29) is 5.69 Å². The van der Waals surface area contributed by atoms with Gasteiger partial charge in [-0.15, -0.1) is 0 Å². The number of hydrogen-bond donors (Lipinski definition) is 2. The molecule has 2 N–H and O–H groups in total. The zero-order valence-electron chi connectivity index (χ0n) is 11.0. The Kier molecular flexibility index (Phi) is 6.73. The summed E-state index contributed by atoms with van der Waals surface area (Å²) in [5.41, 5.74) is 1.07. The Labute approximate surface area is 116 Å². The monoisotopic (exact) mass is 282 g/mol. The van der Waals surface area contributed by atoms with Crippen molar-refractivity contribution in [3.63, 3.8) is 0 Å². The van der Waals surface area contributed by atoms with Crippen LogP contribution in [0.5, 0.6) is 0 Å². The van der Waals surface area contributed by atoms with E-state index in [1.807, 2.05) is 0 Å². The number of guanidine groups is 1. The fourth-order valence-electron chi connectivity index (χ4n) is 1.41. The molecule has 0 unspecified atom stereocenters. The molecule has 0 aliphatic rings. The van der Waals surface area contributed by atoms with Crippen LogP contribution in [0.1, 0.15) is 5.56 Å². The lowest BCUT2D eigenvalue weighted by atomic mass is 10.2. The topological polar surface area (TPSA) is 79.6 Å². The molecule has 0 aliphatic carbocycles. The van der Waals surface area contributed by atoms with Crippen molar-refractivity contribution in [1.82, 2.24) is 10.6 Å². The summed E-state index contributed by atoms with van der Waals surface area (Å²) in [5, 5.41) is 16.9. The van der Waals surface area contributed by atoms with Gasteiger partial charge in [0.1, 0.15) is 0 Å². The van der Waals surface area contributed by atoms with Gasteiger partial charge >= 0.3 is 0 Å². The van der Waals surface area contributed by atoms with Crippen molar-refractivity contribution in [3.8, 4) is 0 Å². The predicted octanol–water partition coefficient (Wildman–Crippen LogP) is 1.62. The number of rotatable bonds is 6. The third-order valence-corrected chi connectivity index (χ3v) is 3.04. The molecule has 0 atom stereocenters. The summed E-state index contributed by atoms with van der Waals surface area (Å²) in [7, 11) is 1.71. The van der Waals surface area contributed by atoms with Crippen LogP contribution in [0, 0.1) is 10.1 Å². The van der Waals surface area contributed by atoms with Crippen LogP contribution in [0.3, 0.4) is 0 Å². The molecule has 0 spiro atoms. The van der Waals surface area contributed by atoms with Gasteiger partial charge in [0, 0.05) is 38.0 Å². The summed E-state index contributed by atoms with van der Waals surface area (Å²) in [4.78, 5) is 14.2. The third kappa shape index (κ3) is 5.60. The first-order chi connectivity index (χ1) is 9.17. The number of aliphatic imine (C=N–C) groups is 1. The van der Waals surface area contributed by atoms with E-state index >= 15 is 0 Å². The summed E-state index contributed by atoms with van der Waals surface area (Å²) in [6, 6.07) is 6.47. The number of benzene rings is 1. The second-order valence-electron chi connectivity index (χ2n) is 3.77. The maximum absolute atomic E-state index is 10.5. The van der Waals surface area contributed by atoms with Gasteiger partial charge in [0.15, 0.2) is 5.96 Å². The highest BCUT2D eigenvalue weighted by molar-refractivity contribution is 7.98. The molecule has 0 aliphatic heterocycles. The van der Waals surface area contributed by atoms with Crippen LogP contribution in [0.25, 0.3) is 0 Å². The van der Waals surface area contributed by atoms with Crippen LogP contribution < -0.4 is 10.6 Å². The Morgan fingerprint density at radius 3 is 2.58 bits per heavy atom. The highest BCUT2D eigenvalue weighted by Crippen LogP contribution is 2.11. The molecule has 0 amide bonds. The van der Waals surface area contributed by atoms with E-state index in [4.69, 9.17) is 0 Å². The van der Waals surface area contributed by atoms with E-state index in [9.17, 15) is 10.1 Å². The second-order valence-corrected chi connectivity index (χ2v) is 4.75. The summed E-state index contributed by atoms with van der Waals surface area (Å²) >= 11 is 1.76. The van der Waals surface area contributed by atoms with Crippen molar-refractivity contribution >= 4 is 23.4 Å². The molecule has 0 fully saturated rings. The average Bonchev–Trinajstić information content (AvgIpc) is 2.43. The molecular formula is C12H18N4O2S. The molecule has 1 aromatic carbocycles. The maximum atomic E-state index is 10.5. The fraction of sp³-hybridized carbons (Fsp3) is 0.417. The van der Waals surface area contributed by atoms with Crippen LogP contribution in [0.4, 0.5) is 5.69 Å². The Morgan fingerprint density at radius 2 is 2.05 bits per heavy atom. The molecule has 0 bridgehead atoms. The zero-order valence-corrected chi connectivity index (χ0v) is 11.9. The first-order valence-corrected chi connectivity index (χ1v) is 7.23. The lowest BCUT2D eigenvalue weighted by molar-refractivity contribution is -0.384. The highest BCUT2D eigenvalue weighted by atomic mass is 32.2. The lowest BCUT2D eigenvalue weighted by Gasteiger charge is -2.11. The van der Waals surface area contributed by atoms with Gasteiger partial charge in [0.2, 0.25) is 0 Å². The normalized spacial score (nSPS) is 11.2. The SMILES string of the molecule is CN=C(NCCSC)NCc1ccc([N+](=O)[O-])cc1. The molecule has 0 heterocycles. The Balaban J connectivity index is 2.44. The molecule has 0 aromatic heterocycles. The molecule has 1 rings (SSSR count). The van der Waals surface area contributed by atoms with E-state index < -0.39 is 4.92 Å². The Morgan fingerprint density at radius 1 is 1.37 bits per heavy atom. The van der Waals surface area contributed by atoms with Gasteiger partial charge in [-0.05, 0) is 11.8 Å². The number of hydrogen-bond acceptors (Lipinski definition) is 4. The van der Waals surface area contributed by atoms with Crippen LogP contribution in [-0.2, 0) is 6.54 Å². The Bertz CT molecular complexity index is 434. The molecule has 0 saturated carbocycles. The van der Waals surface area contributed by atoms with E-state index in [1.54, 1.807) is 30.9 Å². The minimum Gasteiger partial charge on any atom is -0.356 e. The number of nitro groups is 1. The van der Waals surface area contributed by atoms with Crippen molar-refractivity contribution in [2.45, 2.75) is 6.54 Å². The number of nitrogens with one attached hydrogen (secondary N) is 2. The number of non-ortho nitro benzene ring substituents is 1. The fourth-order valence-corrected chi connectivity index (χ4v) is 1.72. The van der Waals surface area contributed by atoms with Crippen LogP contribution >= 0.6 is 11.8 Å². The predicted molar refractivity (Wildman–Crippen MR) is 79.7 cm³/mol. The molecule has 7 heteroatoms. The first kappa shape index (κ1) is 15.3. The van der Waals surface area contributed by atoms with Gasteiger partial charge in [0.05, 0.1) is 4.92 Å². The molecule has 6 nitrogen and oxygen atoms in total. The first-order valence-electron chi connectivity index (χ1n) is 5.84. The molecule has 0 radical (unpaired) electrons. The van der Waals surface area contributed by atoms with Crippen molar-refractivity contribution in [1.29, 1.82) is 0 Å². The number of thioether (sulfide) groups is 1. The van der Waals surface area contributed by atoms with E-state index in [0.717, 1.165) is 23.8 Å². The van der Waals surface area contributed by atoms with Crippen molar-refractivity contribution in [2.75, 3.05) is 25.6 Å². The summed E-state index contributed by atoms with van der Waals surface area (Å²) in [6.07, 6.45) is 2.05. The van der Waals surface area contributed by atoms with Gasteiger partial charge < -0.3 is 10.6 Å². The Hall–Kier alpha value is -1.76. The van der Waals surface area contributed by atoms with Crippen LogP contribution in [0.15, 0.2) is 29.3 Å². The van der Waals surface area contributed by atoms with E-state index in [2.05, 4.69) is 21.9 Å². The standard InChI is InChI=1S/C12H18N4O2S/c1-13-12(14-7-8-19-2)15-9-10-3-5-11(6-4-10)16(17)18/h3-6H,7-9H2,1-2H3,(H2,13,14,15). The summed E-state index contributed by atoms with van der Waals surface area (Å²) < 4.78 is 0. The van der Waals surface area contributed by atoms with Gasteiger partial charge in [-0.3, -0.25) is 15.1 Å². The number of nitrogens with zero attached hydrogens (tertiary/aromatic N) is 2. The van der Waals surface area contributed by atoms with Crippen molar-refractivity contribution < 1.29 is 4.92 Å². The lowest BCUT2D eigenvalue weighted by Crippen LogP contribution is -2.37. The molecule has 104 valence electrons. The van der Waals surface area contributed by atoms with Crippen LogP contribution in [0.2, 0.25) is 0 Å². The zero-order chi connectivity index (χ0) is 14.1. The van der Waals surface area contributed by atoms with Crippen molar-refractivity contribution in [2.24, 2.45) is 4.99 Å². The smallest absolute Gasteiger partial charge is 0.269 e. The highest BCUT2D eigenvalue weighted by Gasteiger charge is 2.04. The molecule has 0 saturated heterocycles. The maximum Gasteiger partial charge on any atom is 0.269 e. The van der Waals surface area contributed by atoms with Gasteiger partial charge in [-0.25, -0.2) is 0 Å². The quantitative estimate of drug-likeness (QED) is 0.272. The largest absolute Gasteiger partial charge is 0.356 e. The van der Waals surface area contributed by atoms with Gasteiger partial charge in [-0.1, -0.05) is 12.1 Å². The van der Waals surface area contributed by atoms with Gasteiger partial charge in [0.25, 0.3) is 5.69 Å². The summed E-state index contributed by atoms with van der Waals surface area (Å²) in [5.74, 6) is 1.74. The third-order valence-electron chi connectivity index (χ3n) is 2.43.